The number of carbonyl (C=O) groups excluding carboxylic acids is 1. The van der Waals surface area contributed by atoms with Gasteiger partial charge in [0.25, 0.3) is 0 Å². The van der Waals surface area contributed by atoms with Crippen molar-refractivity contribution in [1.29, 1.82) is 0 Å². The Bertz CT molecular complexity index is 441. The van der Waals surface area contributed by atoms with Crippen LogP contribution in [0.3, 0.4) is 0 Å². The zero-order chi connectivity index (χ0) is 12.5. The number of carbonyl (C=O) groups is 1. The van der Waals surface area contributed by atoms with E-state index in [1.54, 1.807) is 6.07 Å². The van der Waals surface area contributed by atoms with Crippen molar-refractivity contribution >= 4 is 17.4 Å². The first-order chi connectivity index (χ1) is 8.01. The predicted molar refractivity (Wildman–Crippen MR) is 65.5 cm³/mol. The molecule has 17 heavy (non-hydrogen) atoms. The lowest BCUT2D eigenvalue weighted by atomic mass is 9.89. The number of hydrogen-bond acceptors (Lipinski definition) is 2. The van der Waals surface area contributed by atoms with Crippen molar-refractivity contribution in [1.82, 2.24) is 0 Å². The van der Waals surface area contributed by atoms with E-state index in [9.17, 15) is 9.18 Å². The summed E-state index contributed by atoms with van der Waals surface area (Å²) in [6.45, 7) is 0. The van der Waals surface area contributed by atoms with Gasteiger partial charge in [-0.25, -0.2) is 4.39 Å². The van der Waals surface area contributed by atoms with Gasteiger partial charge in [-0.15, -0.1) is 0 Å². The minimum absolute atomic E-state index is 0.00303. The fourth-order valence-electron chi connectivity index (χ4n) is 2.30. The highest BCUT2D eigenvalue weighted by Gasteiger charge is 2.36. The molecule has 0 saturated heterocycles. The van der Waals surface area contributed by atoms with E-state index in [4.69, 9.17) is 17.3 Å². The topological polar surface area (TPSA) is 43.1 Å². The van der Waals surface area contributed by atoms with Crippen molar-refractivity contribution in [2.24, 2.45) is 5.73 Å². The zero-order valence-corrected chi connectivity index (χ0v) is 10.3. The summed E-state index contributed by atoms with van der Waals surface area (Å²) in [7, 11) is 0. The summed E-state index contributed by atoms with van der Waals surface area (Å²) in [5.74, 6) is -0.494. The molecule has 2 rings (SSSR count). The van der Waals surface area contributed by atoms with Crippen LogP contribution in [0.1, 0.15) is 31.2 Å². The number of halogens is 2. The monoisotopic (exact) mass is 255 g/mol. The van der Waals surface area contributed by atoms with Gasteiger partial charge in [0.1, 0.15) is 5.82 Å². The molecule has 1 aliphatic rings. The maximum absolute atomic E-state index is 13.2. The number of benzene rings is 1. The SMILES string of the molecule is NC1(C(=O)Cc2ccc(Cl)c(F)c2)CCCC1. The summed E-state index contributed by atoms with van der Waals surface area (Å²) < 4.78 is 13.2. The van der Waals surface area contributed by atoms with Gasteiger partial charge in [0.05, 0.1) is 10.6 Å². The van der Waals surface area contributed by atoms with Gasteiger partial charge in [-0.2, -0.15) is 0 Å². The van der Waals surface area contributed by atoms with E-state index in [1.165, 1.54) is 12.1 Å². The first kappa shape index (κ1) is 12.5. The fourth-order valence-corrected chi connectivity index (χ4v) is 2.41. The van der Waals surface area contributed by atoms with E-state index in [0.29, 0.717) is 5.56 Å². The molecular weight excluding hydrogens is 241 g/mol. The van der Waals surface area contributed by atoms with Crippen LogP contribution in [0.2, 0.25) is 5.02 Å². The van der Waals surface area contributed by atoms with Crippen LogP contribution in [0.4, 0.5) is 4.39 Å². The van der Waals surface area contributed by atoms with Crippen LogP contribution in [0, 0.1) is 5.82 Å². The highest BCUT2D eigenvalue weighted by atomic mass is 35.5. The molecule has 0 radical (unpaired) electrons. The Morgan fingerprint density at radius 2 is 2.06 bits per heavy atom. The van der Waals surface area contributed by atoms with Crippen molar-refractivity contribution < 1.29 is 9.18 Å². The Morgan fingerprint density at radius 1 is 1.41 bits per heavy atom. The van der Waals surface area contributed by atoms with E-state index in [2.05, 4.69) is 0 Å². The lowest BCUT2D eigenvalue weighted by Crippen LogP contribution is -2.46. The van der Waals surface area contributed by atoms with Gasteiger partial charge in [-0.05, 0) is 30.5 Å². The van der Waals surface area contributed by atoms with Gasteiger partial charge in [-0.3, -0.25) is 4.79 Å². The summed E-state index contributed by atoms with van der Waals surface area (Å²) in [5.41, 5.74) is 5.98. The highest BCUT2D eigenvalue weighted by Crippen LogP contribution is 2.29. The summed E-state index contributed by atoms with van der Waals surface area (Å²) >= 11 is 5.59. The van der Waals surface area contributed by atoms with Gasteiger partial charge >= 0.3 is 0 Å². The van der Waals surface area contributed by atoms with Crippen LogP contribution in [-0.2, 0) is 11.2 Å². The summed E-state index contributed by atoms with van der Waals surface area (Å²) in [6.07, 6.45) is 3.66. The molecule has 0 aliphatic heterocycles. The lowest BCUT2D eigenvalue weighted by molar-refractivity contribution is -0.123. The number of hydrogen-bond donors (Lipinski definition) is 1. The minimum Gasteiger partial charge on any atom is -0.319 e. The van der Waals surface area contributed by atoms with Crippen molar-refractivity contribution in [2.45, 2.75) is 37.6 Å². The van der Waals surface area contributed by atoms with Crippen molar-refractivity contribution in [3.63, 3.8) is 0 Å². The van der Waals surface area contributed by atoms with Crippen LogP contribution < -0.4 is 5.73 Å². The van der Waals surface area contributed by atoms with Gasteiger partial charge < -0.3 is 5.73 Å². The van der Waals surface area contributed by atoms with Crippen LogP contribution in [0.25, 0.3) is 0 Å². The van der Waals surface area contributed by atoms with Gasteiger partial charge in [-0.1, -0.05) is 30.5 Å². The second-order valence-corrected chi connectivity index (χ2v) is 5.12. The fraction of sp³-hybridized carbons (Fsp3) is 0.462. The van der Waals surface area contributed by atoms with E-state index >= 15 is 0 Å². The summed E-state index contributed by atoms with van der Waals surface area (Å²) in [5, 5.41) is 0.0736. The second-order valence-electron chi connectivity index (χ2n) is 4.71. The molecule has 0 aromatic heterocycles. The molecule has 0 amide bonds. The van der Waals surface area contributed by atoms with E-state index in [0.717, 1.165) is 25.7 Å². The average molecular weight is 256 g/mol. The quantitative estimate of drug-likeness (QED) is 0.903. The highest BCUT2D eigenvalue weighted by molar-refractivity contribution is 6.30. The Kier molecular flexibility index (Phi) is 3.50. The van der Waals surface area contributed by atoms with Crippen molar-refractivity contribution in [3.8, 4) is 0 Å². The average Bonchev–Trinajstić information content (AvgIpc) is 2.72. The molecule has 92 valence electrons. The van der Waals surface area contributed by atoms with Gasteiger partial charge in [0.15, 0.2) is 5.78 Å². The van der Waals surface area contributed by atoms with E-state index < -0.39 is 11.4 Å². The molecule has 0 bridgehead atoms. The molecular formula is C13H15ClFNO. The standard InChI is InChI=1S/C13H15ClFNO/c14-10-4-3-9(7-11(10)15)8-12(17)13(16)5-1-2-6-13/h3-4,7H,1-2,5-6,8,16H2. The smallest absolute Gasteiger partial charge is 0.156 e. The molecule has 0 spiro atoms. The molecule has 4 heteroatoms. The van der Waals surface area contributed by atoms with Gasteiger partial charge in [0, 0.05) is 6.42 Å². The van der Waals surface area contributed by atoms with Crippen LogP contribution in [0.5, 0.6) is 0 Å². The van der Waals surface area contributed by atoms with E-state index in [-0.39, 0.29) is 17.2 Å². The first-order valence-electron chi connectivity index (χ1n) is 5.77. The summed E-state index contributed by atoms with van der Waals surface area (Å²) in [6, 6.07) is 4.44. The van der Waals surface area contributed by atoms with Crippen LogP contribution in [-0.4, -0.2) is 11.3 Å². The third-order valence-electron chi connectivity index (χ3n) is 3.40. The molecule has 0 heterocycles. The maximum Gasteiger partial charge on any atom is 0.156 e. The molecule has 2 nitrogen and oxygen atoms in total. The third-order valence-corrected chi connectivity index (χ3v) is 3.71. The Labute approximate surface area is 105 Å². The number of ketones is 1. The van der Waals surface area contributed by atoms with Gasteiger partial charge in [0.2, 0.25) is 0 Å². The molecule has 0 atom stereocenters. The lowest BCUT2D eigenvalue weighted by Gasteiger charge is -2.21. The largest absolute Gasteiger partial charge is 0.319 e. The predicted octanol–water partition coefficient (Wildman–Crippen LogP) is 2.86. The molecule has 2 N–H and O–H groups in total. The van der Waals surface area contributed by atoms with E-state index in [1.807, 2.05) is 0 Å². The van der Waals surface area contributed by atoms with Crippen molar-refractivity contribution in [3.05, 3.63) is 34.6 Å². The second kappa shape index (κ2) is 4.75. The Hall–Kier alpha value is -0.930. The molecule has 1 fully saturated rings. The third kappa shape index (κ3) is 2.67. The maximum atomic E-state index is 13.2. The van der Waals surface area contributed by atoms with Crippen LogP contribution >= 0.6 is 11.6 Å². The number of nitrogens with two attached hydrogens (primary N) is 1. The Balaban J connectivity index is 2.10. The number of rotatable bonds is 3. The zero-order valence-electron chi connectivity index (χ0n) is 9.51. The normalized spacial score (nSPS) is 18.3. The minimum atomic E-state index is -0.698. The van der Waals surface area contributed by atoms with Crippen molar-refractivity contribution in [2.75, 3.05) is 0 Å². The molecule has 0 unspecified atom stereocenters. The molecule has 1 aromatic carbocycles. The Morgan fingerprint density at radius 3 is 2.65 bits per heavy atom. The summed E-state index contributed by atoms with van der Waals surface area (Å²) in [4.78, 5) is 12.1. The first-order valence-corrected chi connectivity index (χ1v) is 6.15. The number of Topliss-reactive ketones (excluding diaryl/α,β-unsaturated/α-hetero) is 1. The molecule has 1 saturated carbocycles. The molecule has 1 aliphatic carbocycles. The van der Waals surface area contributed by atoms with Crippen LogP contribution in [0.15, 0.2) is 18.2 Å². The molecule has 1 aromatic rings.